The van der Waals surface area contributed by atoms with Crippen LogP contribution in [0.4, 0.5) is 0 Å². The van der Waals surface area contributed by atoms with Crippen LogP contribution in [-0.4, -0.2) is 24.8 Å². The van der Waals surface area contributed by atoms with Gasteiger partial charge in [-0.1, -0.05) is 11.6 Å². The zero-order chi connectivity index (χ0) is 11.3. The standard InChI is InChI=1S/C10H11ClN3OP/c11-8-7-5-13-9(14(7)2-1-12-8)6-3-10(15,16)4-6/h1-2,5-6,15H,3-4,16H2. The van der Waals surface area contributed by atoms with Gasteiger partial charge in [-0.3, -0.25) is 4.40 Å². The van der Waals surface area contributed by atoms with Gasteiger partial charge in [0.1, 0.15) is 11.3 Å². The molecule has 16 heavy (non-hydrogen) atoms. The van der Waals surface area contributed by atoms with Crippen molar-refractivity contribution in [3.63, 3.8) is 0 Å². The summed E-state index contributed by atoms with van der Waals surface area (Å²) >= 11 is 5.97. The van der Waals surface area contributed by atoms with Crippen LogP contribution < -0.4 is 0 Å². The molecular formula is C10H11ClN3OP. The molecule has 1 N–H and O–H groups in total. The SMILES string of the molecule is OC1(P)CC(c2ncc3c(Cl)nccn23)C1. The summed E-state index contributed by atoms with van der Waals surface area (Å²) in [5.41, 5.74) is 0.818. The fourth-order valence-electron chi connectivity index (χ4n) is 2.19. The molecule has 1 saturated carbocycles. The van der Waals surface area contributed by atoms with Gasteiger partial charge in [0.05, 0.1) is 11.5 Å². The Bertz CT molecular complexity index is 546. The number of hydrogen-bond acceptors (Lipinski definition) is 3. The van der Waals surface area contributed by atoms with Gasteiger partial charge < -0.3 is 5.11 Å². The average Bonchev–Trinajstić information content (AvgIpc) is 2.59. The van der Waals surface area contributed by atoms with Crippen LogP contribution in [0.25, 0.3) is 5.52 Å². The van der Waals surface area contributed by atoms with E-state index in [1.54, 1.807) is 12.4 Å². The molecule has 1 aliphatic carbocycles. The molecule has 1 atom stereocenters. The summed E-state index contributed by atoms with van der Waals surface area (Å²) in [5, 5.41) is 9.54. The second-order valence-electron chi connectivity index (χ2n) is 4.30. The first-order chi connectivity index (χ1) is 7.57. The van der Waals surface area contributed by atoms with Crippen molar-refractivity contribution in [1.82, 2.24) is 14.4 Å². The van der Waals surface area contributed by atoms with E-state index in [1.165, 1.54) is 0 Å². The Kier molecular flexibility index (Phi) is 2.22. The molecular weight excluding hydrogens is 245 g/mol. The van der Waals surface area contributed by atoms with Gasteiger partial charge in [-0.05, 0) is 12.8 Å². The highest BCUT2D eigenvalue weighted by Crippen LogP contribution is 2.48. The van der Waals surface area contributed by atoms with Crippen molar-refractivity contribution in [3.8, 4) is 0 Å². The topological polar surface area (TPSA) is 50.4 Å². The molecule has 4 nitrogen and oxygen atoms in total. The van der Waals surface area contributed by atoms with Gasteiger partial charge in [-0.15, -0.1) is 9.24 Å². The van der Waals surface area contributed by atoms with Gasteiger partial charge in [-0.25, -0.2) is 9.97 Å². The zero-order valence-electron chi connectivity index (χ0n) is 8.47. The molecule has 2 aromatic heterocycles. The van der Waals surface area contributed by atoms with Crippen molar-refractivity contribution >= 4 is 26.4 Å². The lowest BCUT2D eigenvalue weighted by Gasteiger charge is -2.39. The van der Waals surface area contributed by atoms with E-state index in [9.17, 15) is 5.11 Å². The summed E-state index contributed by atoms with van der Waals surface area (Å²) < 4.78 is 1.94. The lowest BCUT2D eigenvalue weighted by molar-refractivity contribution is 0.0351. The van der Waals surface area contributed by atoms with E-state index in [2.05, 4.69) is 19.2 Å². The van der Waals surface area contributed by atoms with Crippen LogP contribution in [0.1, 0.15) is 24.6 Å². The number of aliphatic hydroxyl groups is 1. The minimum atomic E-state index is -0.618. The minimum Gasteiger partial charge on any atom is -0.386 e. The van der Waals surface area contributed by atoms with E-state index in [-0.39, 0.29) is 0 Å². The van der Waals surface area contributed by atoms with E-state index >= 15 is 0 Å². The Morgan fingerprint density at radius 1 is 1.50 bits per heavy atom. The molecule has 84 valence electrons. The van der Waals surface area contributed by atoms with Crippen molar-refractivity contribution in [2.75, 3.05) is 0 Å². The Labute approximate surface area is 99.9 Å². The Balaban J connectivity index is 2.03. The number of fused-ring (bicyclic) bond motifs is 1. The third kappa shape index (κ3) is 1.53. The van der Waals surface area contributed by atoms with E-state index in [0.29, 0.717) is 11.1 Å². The number of nitrogens with zero attached hydrogens (tertiary/aromatic N) is 3. The van der Waals surface area contributed by atoms with E-state index < -0.39 is 5.34 Å². The Morgan fingerprint density at radius 3 is 2.94 bits per heavy atom. The van der Waals surface area contributed by atoms with E-state index in [0.717, 1.165) is 24.2 Å². The Morgan fingerprint density at radius 2 is 2.25 bits per heavy atom. The smallest absolute Gasteiger partial charge is 0.154 e. The van der Waals surface area contributed by atoms with Crippen LogP contribution in [0.2, 0.25) is 5.15 Å². The fraction of sp³-hybridized carbons (Fsp3) is 0.400. The first kappa shape index (κ1) is 10.5. The predicted octanol–water partition coefficient (Wildman–Crippen LogP) is 1.82. The average molecular weight is 256 g/mol. The second kappa shape index (κ2) is 3.39. The normalized spacial score (nSPS) is 29.3. The fourth-order valence-corrected chi connectivity index (χ4v) is 2.96. The quantitative estimate of drug-likeness (QED) is 0.791. The van der Waals surface area contributed by atoms with Crippen LogP contribution in [0.3, 0.4) is 0 Å². The highest BCUT2D eigenvalue weighted by molar-refractivity contribution is 7.18. The number of imidazole rings is 1. The maximum Gasteiger partial charge on any atom is 0.154 e. The van der Waals surface area contributed by atoms with Crippen LogP contribution in [0.5, 0.6) is 0 Å². The summed E-state index contributed by atoms with van der Waals surface area (Å²) in [6.07, 6.45) is 6.67. The highest BCUT2D eigenvalue weighted by atomic mass is 35.5. The molecule has 3 rings (SSSR count). The molecule has 2 aromatic rings. The van der Waals surface area contributed by atoms with Gasteiger partial charge in [0.15, 0.2) is 5.15 Å². The Hall–Kier alpha value is -0.700. The maximum atomic E-state index is 9.70. The van der Waals surface area contributed by atoms with Gasteiger partial charge in [0, 0.05) is 18.3 Å². The van der Waals surface area contributed by atoms with Crippen molar-refractivity contribution in [3.05, 3.63) is 29.6 Å². The summed E-state index contributed by atoms with van der Waals surface area (Å²) in [6.45, 7) is 0. The molecule has 0 spiro atoms. The van der Waals surface area contributed by atoms with Gasteiger partial charge in [-0.2, -0.15) is 0 Å². The lowest BCUT2D eigenvalue weighted by atomic mass is 9.81. The molecule has 0 amide bonds. The summed E-state index contributed by atoms with van der Waals surface area (Å²) in [5.74, 6) is 1.25. The van der Waals surface area contributed by atoms with E-state index in [4.69, 9.17) is 11.6 Å². The minimum absolute atomic E-state index is 0.295. The highest BCUT2D eigenvalue weighted by Gasteiger charge is 2.41. The summed E-state index contributed by atoms with van der Waals surface area (Å²) in [4.78, 5) is 8.37. The molecule has 1 unspecified atom stereocenters. The van der Waals surface area contributed by atoms with Crippen LogP contribution in [0, 0.1) is 0 Å². The molecule has 0 aliphatic heterocycles. The number of halogens is 1. The number of hydrogen-bond donors (Lipinski definition) is 1. The maximum absolute atomic E-state index is 9.70. The third-order valence-electron chi connectivity index (χ3n) is 3.01. The van der Waals surface area contributed by atoms with Crippen molar-refractivity contribution < 1.29 is 5.11 Å². The molecule has 1 fully saturated rings. The zero-order valence-corrected chi connectivity index (χ0v) is 10.4. The van der Waals surface area contributed by atoms with E-state index in [1.807, 2.05) is 10.6 Å². The first-order valence-electron chi connectivity index (χ1n) is 5.05. The van der Waals surface area contributed by atoms with Crippen LogP contribution in [-0.2, 0) is 0 Å². The molecule has 0 bridgehead atoms. The molecule has 2 heterocycles. The van der Waals surface area contributed by atoms with Gasteiger partial charge in [0.2, 0.25) is 0 Å². The predicted molar refractivity (Wildman–Crippen MR) is 64.6 cm³/mol. The molecule has 0 aromatic carbocycles. The van der Waals surface area contributed by atoms with Crippen LogP contribution >= 0.6 is 20.8 Å². The molecule has 1 aliphatic rings. The van der Waals surface area contributed by atoms with Crippen molar-refractivity contribution in [2.24, 2.45) is 0 Å². The van der Waals surface area contributed by atoms with Crippen molar-refractivity contribution in [2.45, 2.75) is 24.1 Å². The summed E-state index contributed by atoms with van der Waals surface area (Å²) in [7, 11) is 2.47. The third-order valence-corrected chi connectivity index (χ3v) is 3.77. The molecule has 0 saturated heterocycles. The first-order valence-corrected chi connectivity index (χ1v) is 6.01. The monoisotopic (exact) mass is 255 g/mol. The molecule has 6 heteroatoms. The summed E-state index contributed by atoms with van der Waals surface area (Å²) in [6, 6.07) is 0. The molecule has 0 radical (unpaired) electrons. The second-order valence-corrected chi connectivity index (χ2v) is 5.73. The van der Waals surface area contributed by atoms with Gasteiger partial charge >= 0.3 is 0 Å². The van der Waals surface area contributed by atoms with Gasteiger partial charge in [0.25, 0.3) is 0 Å². The largest absolute Gasteiger partial charge is 0.386 e. The van der Waals surface area contributed by atoms with Crippen molar-refractivity contribution in [1.29, 1.82) is 0 Å². The number of rotatable bonds is 1. The van der Waals surface area contributed by atoms with Crippen LogP contribution in [0.15, 0.2) is 18.6 Å². The lowest BCUT2D eigenvalue weighted by Crippen LogP contribution is -2.37. The number of aromatic nitrogens is 3.